The fraction of sp³-hybridized carbons (Fsp3) is 0.632. The largest absolute Gasteiger partial charge is 0.458 e. The first kappa shape index (κ1) is 21.0. The molecule has 0 bridgehead atoms. The van der Waals surface area contributed by atoms with E-state index in [1.54, 1.807) is 0 Å². The first-order valence-corrected chi connectivity index (χ1v) is 9.76. The first-order chi connectivity index (χ1) is 12.2. The van der Waals surface area contributed by atoms with Crippen LogP contribution in [-0.4, -0.2) is 28.5 Å². The van der Waals surface area contributed by atoms with Gasteiger partial charge in [-0.1, -0.05) is 55.3 Å². The van der Waals surface area contributed by atoms with Crippen molar-refractivity contribution in [1.82, 2.24) is 10.3 Å². The number of hydrogen-bond acceptors (Lipinski definition) is 4. The predicted octanol–water partition coefficient (Wildman–Crippen LogP) is 4.80. The Kier molecular flexibility index (Phi) is 7.30. The van der Waals surface area contributed by atoms with Crippen molar-refractivity contribution in [3.8, 4) is 0 Å². The van der Waals surface area contributed by atoms with Gasteiger partial charge in [0.2, 0.25) is 0 Å². The molecule has 144 valence electrons. The minimum atomic E-state index is -0.724. The Hall–Kier alpha value is -1.33. The highest BCUT2D eigenvalue weighted by atomic mass is 35.5. The Bertz CT molecular complexity index is 653. The van der Waals surface area contributed by atoms with E-state index in [1.165, 1.54) is 18.7 Å². The summed E-state index contributed by atoms with van der Waals surface area (Å²) in [7, 11) is 0. The average Bonchev–Trinajstić information content (AvgIpc) is 2.53. The lowest BCUT2D eigenvalue weighted by atomic mass is 9.84. The third kappa shape index (κ3) is 6.44. The number of pyridine rings is 1. The maximum absolute atomic E-state index is 12.6. The summed E-state index contributed by atoms with van der Waals surface area (Å²) in [6.07, 6.45) is 7.58. The molecule has 1 aromatic rings. The van der Waals surface area contributed by atoms with E-state index in [4.69, 9.17) is 27.9 Å². The highest BCUT2D eigenvalue weighted by Crippen LogP contribution is 2.28. The van der Waals surface area contributed by atoms with Gasteiger partial charge in [-0.15, -0.1) is 0 Å². The van der Waals surface area contributed by atoms with Crippen LogP contribution in [0.4, 0.5) is 0 Å². The molecule has 0 radical (unpaired) electrons. The molecule has 1 N–H and O–H groups in total. The standard InChI is InChI=1S/C19H26Cl2N2O3/c1-19(2,3)26-18(25)15(9-12-7-5-4-6-8-12)23-17(24)16-14(21)10-13(20)11-22-16/h10-12,15H,4-9H2,1-3H3,(H,23,24). The van der Waals surface area contributed by atoms with Crippen molar-refractivity contribution in [3.05, 3.63) is 28.0 Å². The normalized spacial score (nSPS) is 16.8. The second-order valence-corrected chi connectivity index (χ2v) is 8.63. The molecule has 1 atom stereocenters. The zero-order valence-electron chi connectivity index (χ0n) is 15.5. The summed E-state index contributed by atoms with van der Waals surface area (Å²) in [5.74, 6) is -0.532. The molecule has 2 rings (SSSR count). The maximum Gasteiger partial charge on any atom is 0.329 e. The van der Waals surface area contributed by atoms with Crippen LogP contribution in [0.2, 0.25) is 10.0 Å². The summed E-state index contributed by atoms with van der Waals surface area (Å²) in [6, 6.07) is 0.729. The Morgan fingerprint density at radius 1 is 1.27 bits per heavy atom. The lowest BCUT2D eigenvalue weighted by Gasteiger charge is -2.28. The Balaban J connectivity index is 2.13. The second-order valence-electron chi connectivity index (χ2n) is 7.78. The summed E-state index contributed by atoms with van der Waals surface area (Å²) >= 11 is 11.9. The van der Waals surface area contributed by atoms with Crippen LogP contribution in [0.5, 0.6) is 0 Å². The molecule has 0 aromatic carbocycles. The monoisotopic (exact) mass is 400 g/mol. The van der Waals surface area contributed by atoms with E-state index in [2.05, 4.69) is 10.3 Å². The molecule has 5 nitrogen and oxygen atoms in total. The fourth-order valence-electron chi connectivity index (χ4n) is 3.15. The molecule has 1 saturated carbocycles. The number of rotatable bonds is 5. The molecule has 1 aliphatic rings. The van der Waals surface area contributed by atoms with Crippen molar-refractivity contribution in [2.75, 3.05) is 0 Å². The average molecular weight is 401 g/mol. The number of amides is 1. The van der Waals surface area contributed by atoms with Crippen LogP contribution in [0.3, 0.4) is 0 Å². The van der Waals surface area contributed by atoms with Crippen LogP contribution in [0.25, 0.3) is 0 Å². The van der Waals surface area contributed by atoms with Gasteiger partial charge in [-0.2, -0.15) is 0 Å². The maximum atomic E-state index is 12.6. The first-order valence-electron chi connectivity index (χ1n) is 9.00. The van der Waals surface area contributed by atoms with Gasteiger partial charge >= 0.3 is 5.97 Å². The van der Waals surface area contributed by atoms with Gasteiger partial charge in [-0.25, -0.2) is 9.78 Å². The van der Waals surface area contributed by atoms with Crippen molar-refractivity contribution in [1.29, 1.82) is 0 Å². The Labute approximate surface area is 164 Å². The van der Waals surface area contributed by atoms with Gasteiger partial charge in [0, 0.05) is 6.20 Å². The van der Waals surface area contributed by atoms with Crippen LogP contribution in [0, 0.1) is 5.92 Å². The molecule has 0 spiro atoms. The number of aromatic nitrogens is 1. The van der Waals surface area contributed by atoms with Crippen molar-refractivity contribution in [2.24, 2.45) is 5.92 Å². The number of nitrogens with zero attached hydrogens (tertiary/aromatic N) is 1. The number of hydrogen-bond donors (Lipinski definition) is 1. The fourth-order valence-corrected chi connectivity index (χ4v) is 3.62. The molecule has 1 amide bonds. The number of ether oxygens (including phenoxy) is 1. The SMILES string of the molecule is CC(C)(C)OC(=O)C(CC1CCCCC1)NC(=O)c1ncc(Cl)cc1Cl. The number of carbonyl (C=O) groups is 2. The van der Waals surface area contributed by atoms with Crippen molar-refractivity contribution < 1.29 is 14.3 Å². The van der Waals surface area contributed by atoms with E-state index in [-0.39, 0.29) is 10.7 Å². The smallest absolute Gasteiger partial charge is 0.329 e. The lowest BCUT2D eigenvalue weighted by molar-refractivity contribution is -0.157. The number of carbonyl (C=O) groups excluding carboxylic acids is 2. The van der Waals surface area contributed by atoms with Crippen LogP contribution >= 0.6 is 23.2 Å². The van der Waals surface area contributed by atoms with E-state index < -0.39 is 23.5 Å². The molecular weight excluding hydrogens is 375 g/mol. The molecule has 1 heterocycles. The third-order valence-electron chi connectivity index (χ3n) is 4.31. The molecule has 26 heavy (non-hydrogen) atoms. The van der Waals surface area contributed by atoms with Gasteiger partial charge < -0.3 is 10.1 Å². The van der Waals surface area contributed by atoms with Crippen molar-refractivity contribution in [2.45, 2.75) is 70.9 Å². The molecule has 1 aromatic heterocycles. The number of halogens is 2. The van der Waals surface area contributed by atoms with Gasteiger partial charge in [0.15, 0.2) is 0 Å². The predicted molar refractivity (Wildman–Crippen MR) is 103 cm³/mol. The van der Waals surface area contributed by atoms with Gasteiger partial charge in [-0.3, -0.25) is 4.79 Å². The van der Waals surface area contributed by atoms with E-state index in [9.17, 15) is 9.59 Å². The molecule has 1 unspecified atom stereocenters. The topological polar surface area (TPSA) is 68.3 Å². The van der Waals surface area contributed by atoms with E-state index in [0.717, 1.165) is 25.7 Å². The minimum Gasteiger partial charge on any atom is -0.458 e. The van der Waals surface area contributed by atoms with Crippen molar-refractivity contribution in [3.63, 3.8) is 0 Å². The number of esters is 1. The Morgan fingerprint density at radius 2 is 1.92 bits per heavy atom. The molecule has 1 aliphatic carbocycles. The molecule has 1 fully saturated rings. The molecular formula is C19H26Cl2N2O3. The van der Waals surface area contributed by atoms with E-state index in [0.29, 0.717) is 17.4 Å². The molecule has 7 heteroatoms. The minimum absolute atomic E-state index is 0.0493. The third-order valence-corrected chi connectivity index (χ3v) is 4.81. The van der Waals surface area contributed by atoms with Crippen LogP contribution < -0.4 is 5.32 Å². The second kappa shape index (κ2) is 9.05. The van der Waals surface area contributed by atoms with Crippen LogP contribution in [0.15, 0.2) is 12.3 Å². The van der Waals surface area contributed by atoms with E-state index in [1.807, 2.05) is 20.8 Å². The molecule has 0 aliphatic heterocycles. The number of nitrogens with one attached hydrogen (secondary N) is 1. The summed E-state index contributed by atoms with van der Waals surface area (Å²) in [5, 5.41) is 3.25. The van der Waals surface area contributed by atoms with Gasteiger partial charge in [0.25, 0.3) is 5.91 Å². The van der Waals surface area contributed by atoms with Crippen LogP contribution in [0.1, 0.15) is 69.8 Å². The lowest BCUT2D eigenvalue weighted by Crippen LogP contribution is -2.45. The zero-order chi connectivity index (χ0) is 19.3. The highest BCUT2D eigenvalue weighted by Gasteiger charge is 2.30. The summed E-state index contributed by atoms with van der Waals surface area (Å²) in [5.41, 5.74) is -0.573. The summed E-state index contributed by atoms with van der Waals surface area (Å²) < 4.78 is 5.50. The Morgan fingerprint density at radius 3 is 2.50 bits per heavy atom. The zero-order valence-corrected chi connectivity index (χ0v) is 17.0. The van der Waals surface area contributed by atoms with Gasteiger partial charge in [0.1, 0.15) is 17.3 Å². The van der Waals surface area contributed by atoms with Gasteiger partial charge in [0.05, 0.1) is 10.0 Å². The quantitative estimate of drug-likeness (QED) is 0.720. The summed E-state index contributed by atoms with van der Waals surface area (Å²) in [6.45, 7) is 5.42. The van der Waals surface area contributed by atoms with Crippen LogP contribution in [-0.2, 0) is 9.53 Å². The highest BCUT2D eigenvalue weighted by molar-refractivity contribution is 6.36. The summed E-state index contributed by atoms with van der Waals surface area (Å²) in [4.78, 5) is 29.2. The van der Waals surface area contributed by atoms with E-state index >= 15 is 0 Å². The van der Waals surface area contributed by atoms with Gasteiger partial charge in [-0.05, 0) is 39.2 Å². The van der Waals surface area contributed by atoms with Crippen molar-refractivity contribution >= 4 is 35.1 Å². The molecule has 0 saturated heterocycles.